The van der Waals surface area contributed by atoms with Gasteiger partial charge in [0.15, 0.2) is 0 Å². The Morgan fingerprint density at radius 1 is 1.03 bits per heavy atom. The van der Waals surface area contributed by atoms with E-state index in [1.165, 1.54) is 11.1 Å². The first-order valence-corrected chi connectivity index (χ1v) is 12.0. The van der Waals surface area contributed by atoms with E-state index in [2.05, 4.69) is 71.6 Å². The van der Waals surface area contributed by atoms with Crippen molar-refractivity contribution in [3.63, 3.8) is 0 Å². The lowest BCUT2D eigenvalue weighted by atomic mass is 9.92. The van der Waals surface area contributed by atoms with Gasteiger partial charge < -0.3 is 9.84 Å². The lowest BCUT2D eigenvalue weighted by Gasteiger charge is -2.37. The summed E-state index contributed by atoms with van der Waals surface area (Å²) >= 11 is 1.64. The fraction of sp³-hybridized carbons (Fsp3) is 0.269. The largest absolute Gasteiger partial charge is 0.506 e. The predicted octanol–water partition coefficient (Wildman–Crippen LogP) is 5.32. The fourth-order valence-corrected chi connectivity index (χ4v) is 5.60. The molecule has 1 aliphatic heterocycles. The molecule has 1 saturated heterocycles. The Hall–Kier alpha value is -3.29. The highest BCUT2D eigenvalue weighted by atomic mass is 32.1. The molecular weight excluding hydrogens is 434 g/mol. The topological polar surface area (TPSA) is 75.6 Å². The smallest absolute Gasteiger partial charge is 0.450 e. The van der Waals surface area contributed by atoms with Crippen LogP contribution in [0.4, 0.5) is 4.79 Å². The van der Waals surface area contributed by atoms with E-state index in [4.69, 9.17) is 19.8 Å². The molecule has 6 rings (SSSR count). The molecule has 2 aromatic carbocycles. The van der Waals surface area contributed by atoms with Gasteiger partial charge in [0.2, 0.25) is 0 Å². The lowest BCUT2D eigenvalue weighted by Crippen LogP contribution is -2.52. The van der Waals surface area contributed by atoms with E-state index in [1.54, 1.807) is 11.3 Å². The van der Waals surface area contributed by atoms with E-state index in [-0.39, 0.29) is 11.5 Å². The molecule has 0 spiro atoms. The molecule has 0 bridgehead atoms. The Morgan fingerprint density at radius 2 is 1.79 bits per heavy atom. The molecule has 1 saturated carbocycles. The summed E-state index contributed by atoms with van der Waals surface area (Å²) in [5.41, 5.74) is 5.77. The second kappa shape index (κ2) is 7.93. The molecule has 7 heteroatoms. The number of carbonyl (C=O) groups is 1. The molecule has 2 aromatic heterocycles. The van der Waals surface area contributed by atoms with Crippen molar-refractivity contribution in [2.75, 3.05) is 13.1 Å². The highest BCUT2D eigenvalue weighted by molar-refractivity contribution is 7.21. The van der Waals surface area contributed by atoms with E-state index >= 15 is 0 Å². The number of fused-ring (bicyclic) bond motifs is 1. The van der Waals surface area contributed by atoms with Gasteiger partial charge in [-0.05, 0) is 36.1 Å². The van der Waals surface area contributed by atoms with Crippen LogP contribution >= 0.6 is 11.3 Å². The minimum Gasteiger partial charge on any atom is -0.450 e. The van der Waals surface area contributed by atoms with Crippen molar-refractivity contribution in [2.24, 2.45) is 0 Å². The third-order valence-electron chi connectivity index (χ3n) is 6.62. The Bertz CT molecular complexity index is 1310. The molecule has 6 nitrogen and oxygen atoms in total. The van der Waals surface area contributed by atoms with Crippen molar-refractivity contribution in [2.45, 2.75) is 30.9 Å². The second-order valence-corrected chi connectivity index (χ2v) is 9.86. The average Bonchev–Trinajstić information content (AvgIpc) is 3.51. The maximum atomic E-state index is 10.6. The summed E-state index contributed by atoms with van der Waals surface area (Å²) < 4.78 is 4.78. The van der Waals surface area contributed by atoms with Crippen LogP contribution in [0.1, 0.15) is 29.7 Å². The van der Waals surface area contributed by atoms with Gasteiger partial charge in [-0.15, -0.1) is 0 Å². The molecule has 33 heavy (non-hydrogen) atoms. The maximum Gasteiger partial charge on any atom is 0.506 e. The van der Waals surface area contributed by atoms with Crippen LogP contribution in [0.15, 0.2) is 66.7 Å². The van der Waals surface area contributed by atoms with E-state index in [1.807, 2.05) is 0 Å². The first kappa shape index (κ1) is 20.3. The summed E-state index contributed by atoms with van der Waals surface area (Å²) in [7, 11) is 0. The number of likely N-dealkylation sites (tertiary alicyclic amines) is 1. The molecule has 4 aromatic rings. The van der Waals surface area contributed by atoms with Crippen molar-refractivity contribution in [1.29, 1.82) is 0 Å². The summed E-state index contributed by atoms with van der Waals surface area (Å²) in [4.78, 5) is 23.6. The van der Waals surface area contributed by atoms with Crippen LogP contribution in [-0.4, -0.2) is 45.3 Å². The first-order chi connectivity index (χ1) is 16.1. The van der Waals surface area contributed by atoms with Gasteiger partial charge in [-0.25, -0.2) is 14.8 Å². The zero-order valence-electron chi connectivity index (χ0n) is 18.0. The number of carboxylic acid groups (broad SMARTS) is 1. The Labute approximate surface area is 195 Å². The van der Waals surface area contributed by atoms with E-state index in [0.29, 0.717) is 13.1 Å². The van der Waals surface area contributed by atoms with Crippen LogP contribution in [0, 0.1) is 0 Å². The Morgan fingerprint density at radius 3 is 2.48 bits per heavy atom. The van der Waals surface area contributed by atoms with Crippen LogP contribution in [-0.2, 0) is 16.7 Å². The number of pyridine rings is 1. The van der Waals surface area contributed by atoms with Gasteiger partial charge in [-0.3, -0.25) is 4.90 Å². The third kappa shape index (κ3) is 3.87. The van der Waals surface area contributed by atoms with Gasteiger partial charge in [-0.2, -0.15) is 0 Å². The van der Waals surface area contributed by atoms with Crippen molar-refractivity contribution >= 4 is 27.8 Å². The van der Waals surface area contributed by atoms with E-state index in [0.717, 1.165) is 46.0 Å². The summed E-state index contributed by atoms with van der Waals surface area (Å²) in [6.45, 7) is 2.07. The Balaban J connectivity index is 1.18. The first-order valence-electron chi connectivity index (χ1n) is 11.1. The second-order valence-electron chi connectivity index (χ2n) is 8.88. The summed E-state index contributed by atoms with van der Waals surface area (Å²) in [5.74, 6) is 0. The van der Waals surface area contributed by atoms with Gasteiger partial charge in [0.05, 0.1) is 5.69 Å². The summed E-state index contributed by atoms with van der Waals surface area (Å²) in [5, 5.41) is 9.65. The normalized spacial score (nSPS) is 17.6. The SMILES string of the molecule is O=C(O)OC1CN(Cc2ccc(-c3nc4ccc(C5(c6ccccc6)CC5)nc4s3)cc2)C1. The zero-order chi connectivity index (χ0) is 22.4. The molecule has 3 heterocycles. The highest BCUT2D eigenvalue weighted by Gasteiger charge is 2.47. The molecule has 2 aliphatic rings. The standard InChI is InChI=1S/C26H23N3O3S/c30-25(31)32-20-15-29(16-20)14-17-6-8-18(9-7-17)23-27-21-10-11-22(28-24(21)33-23)26(12-13-26)19-4-2-1-3-5-19/h1-11,20H,12-16H2,(H,30,31). The van der Waals surface area contributed by atoms with E-state index in [9.17, 15) is 4.79 Å². The van der Waals surface area contributed by atoms with Crippen molar-refractivity contribution < 1.29 is 14.6 Å². The number of hydrogen-bond acceptors (Lipinski definition) is 6. The van der Waals surface area contributed by atoms with Crippen molar-refractivity contribution in [3.8, 4) is 10.6 Å². The highest BCUT2D eigenvalue weighted by Crippen LogP contribution is 2.53. The number of aromatic nitrogens is 2. The molecule has 1 aliphatic carbocycles. The number of rotatable bonds is 6. The summed E-state index contributed by atoms with van der Waals surface area (Å²) in [6.07, 6.45) is 0.874. The van der Waals surface area contributed by atoms with Gasteiger partial charge in [0.1, 0.15) is 21.5 Å². The van der Waals surface area contributed by atoms with Crippen molar-refractivity contribution in [1.82, 2.24) is 14.9 Å². The third-order valence-corrected chi connectivity index (χ3v) is 7.63. The monoisotopic (exact) mass is 457 g/mol. The van der Waals surface area contributed by atoms with Gasteiger partial charge in [-0.1, -0.05) is 65.9 Å². The van der Waals surface area contributed by atoms with E-state index < -0.39 is 6.16 Å². The van der Waals surface area contributed by atoms with Crippen LogP contribution in [0.2, 0.25) is 0 Å². The molecule has 0 unspecified atom stereocenters. The molecule has 0 radical (unpaired) electrons. The fourth-order valence-electron chi connectivity index (χ4n) is 4.66. The van der Waals surface area contributed by atoms with Crippen LogP contribution in [0.25, 0.3) is 20.9 Å². The minimum absolute atomic E-state index is 0.0621. The minimum atomic E-state index is -1.20. The molecule has 1 N–H and O–H groups in total. The number of nitrogens with zero attached hydrogens (tertiary/aromatic N) is 3. The number of ether oxygens (including phenoxy) is 1. The molecule has 166 valence electrons. The number of benzene rings is 2. The molecule has 0 atom stereocenters. The van der Waals surface area contributed by atoms with Gasteiger partial charge in [0, 0.05) is 30.6 Å². The van der Waals surface area contributed by atoms with Crippen molar-refractivity contribution in [3.05, 3.63) is 83.6 Å². The number of hydrogen-bond donors (Lipinski definition) is 1. The quantitative estimate of drug-likeness (QED) is 0.395. The predicted molar refractivity (Wildman–Crippen MR) is 127 cm³/mol. The van der Waals surface area contributed by atoms with Gasteiger partial charge >= 0.3 is 6.16 Å². The van der Waals surface area contributed by atoms with Gasteiger partial charge in [0.25, 0.3) is 0 Å². The number of thiazole rings is 1. The molecular formula is C26H23N3O3S. The summed E-state index contributed by atoms with van der Waals surface area (Å²) in [6, 6.07) is 23.4. The van der Waals surface area contributed by atoms with Crippen LogP contribution < -0.4 is 0 Å². The van der Waals surface area contributed by atoms with Crippen LogP contribution in [0.3, 0.4) is 0 Å². The maximum absolute atomic E-state index is 10.6. The zero-order valence-corrected chi connectivity index (χ0v) is 18.8. The van der Waals surface area contributed by atoms with Crippen LogP contribution in [0.5, 0.6) is 0 Å². The Kier molecular flexibility index (Phi) is 4.89. The lowest BCUT2D eigenvalue weighted by molar-refractivity contribution is -0.0363. The molecule has 0 amide bonds. The molecule has 2 fully saturated rings. The average molecular weight is 458 g/mol.